The lowest BCUT2D eigenvalue weighted by Crippen LogP contribution is -1.87. The zero-order valence-electron chi connectivity index (χ0n) is 8.92. The van der Waals surface area contributed by atoms with Gasteiger partial charge in [0.15, 0.2) is 6.29 Å². The maximum atomic E-state index is 10.7. The number of carbonyl (C=O) groups excluding carboxylic acids is 1. The molecule has 1 N–H and O–H groups in total. The monoisotopic (exact) mass is 223 g/mol. The topological polar surface area (TPSA) is 61.1 Å². The summed E-state index contributed by atoms with van der Waals surface area (Å²) in [7, 11) is 0. The summed E-state index contributed by atoms with van der Waals surface area (Å²) in [6.07, 6.45) is 0.591. The fourth-order valence-corrected chi connectivity index (χ4v) is 1.65. The van der Waals surface area contributed by atoms with Crippen LogP contribution in [0.25, 0.3) is 11.1 Å². The Balaban J connectivity index is 2.61. The number of aromatic hydroxyl groups is 1. The number of benzene rings is 2. The van der Waals surface area contributed by atoms with Gasteiger partial charge < -0.3 is 5.11 Å². The molecule has 0 aliphatic carbocycles. The van der Waals surface area contributed by atoms with E-state index in [-0.39, 0.29) is 11.3 Å². The van der Waals surface area contributed by atoms with Gasteiger partial charge in [0.2, 0.25) is 0 Å². The standard InChI is InChI=1S/C14H9NO2/c15-8-11-3-1-2-4-13(11)10-5-6-14(17)12(7-10)9-16/h1-7,9,17H. The highest BCUT2D eigenvalue weighted by atomic mass is 16.3. The predicted molar refractivity (Wildman–Crippen MR) is 63.6 cm³/mol. The van der Waals surface area contributed by atoms with Gasteiger partial charge in [-0.3, -0.25) is 4.79 Å². The van der Waals surface area contributed by atoms with Gasteiger partial charge in [0.1, 0.15) is 5.75 Å². The van der Waals surface area contributed by atoms with Crippen molar-refractivity contribution in [3.63, 3.8) is 0 Å². The molecule has 2 rings (SSSR count). The van der Waals surface area contributed by atoms with Crippen molar-refractivity contribution in [2.24, 2.45) is 0 Å². The van der Waals surface area contributed by atoms with Crippen LogP contribution < -0.4 is 0 Å². The summed E-state index contributed by atoms with van der Waals surface area (Å²) < 4.78 is 0. The van der Waals surface area contributed by atoms with E-state index in [0.29, 0.717) is 11.8 Å². The van der Waals surface area contributed by atoms with Crippen LogP contribution in [0.15, 0.2) is 42.5 Å². The fraction of sp³-hybridized carbons (Fsp3) is 0. The van der Waals surface area contributed by atoms with E-state index < -0.39 is 0 Å². The lowest BCUT2D eigenvalue weighted by atomic mass is 9.98. The third-order valence-electron chi connectivity index (χ3n) is 2.51. The van der Waals surface area contributed by atoms with Crippen molar-refractivity contribution >= 4 is 6.29 Å². The second kappa shape index (κ2) is 4.50. The van der Waals surface area contributed by atoms with E-state index in [1.807, 2.05) is 6.07 Å². The molecule has 0 aliphatic rings. The summed E-state index contributed by atoms with van der Waals surface area (Å²) in [6.45, 7) is 0. The van der Waals surface area contributed by atoms with Crippen molar-refractivity contribution in [1.29, 1.82) is 5.26 Å². The molecule has 0 spiro atoms. The van der Waals surface area contributed by atoms with E-state index in [0.717, 1.165) is 11.1 Å². The molecular weight excluding hydrogens is 214 g/mol. The molecular formula is C14H9NO2. The minimum atomic E-state index is -0.0572. The van der Waals surface area contributed by atoms with E-state index in [9.17, 15) is 9.90 Å². The summed E-state index contributed by atoms with van der Waals surface area (Å²) in [5.41, 5.74) is 2.24. The maximum absolute atomic E-state index is 10.7. The van der Waals surface area contributed by atoms with Crippen molar-refractivity contribution in [2.45, 2.75) is 0 Å². The summed E-state index contributed by atoms with van der Waals surface area (Å²) in [4.78, 5) is 10.7. The first-order chi connectivity index (χ1) is 8.26. The number of hydrogen-bond donors (Lipinski definition) is 1. The summed E-state index contributed by atoms with van der Waals surface area (Å²) in [5.74, 6) is -0.0572. The molecule has 2 aromatic rings. The molecule has 0 saturated heterocycles. The Hall–Kier alpha value is -2.60. The van der Waals surface area contributed by atoms with E-state index in [2.05, 4.69) is 6.07 Å². The molecule has 0 aromatic heterocycles. The van der Waals surface area contributed by atoms with Gasteiger partial charge in [-0.1, -0.05) is 24.3 Å². The highest BCUT2D eigenvalue weighted by Crippen LogP contribution is 2.27. The second-order valence-corrected chi connectivity index (χ2v) is 3.55. The Kier molecular flexibility index (Phi) is 2.89. The first kappa shape index (κ1) is 10.9. The van der Waals surface area contributed by atoms with Crippen molar-refractivity contribution in [3.05, 3.63) is 53.6 Å². The SMILES string of the molecule is N#Cc1ccccc1-c1ccc(O)c(C=O)c1. The molecule has 0 fully saturated rings. The summed E-state index contributed by atoms with van der Waals surface area (Å²) in [5, 5.41) is 18.4. The Labute approximate surface area is 98.6 Å². The van der Waals surface area contributed by atoms with Crippen LogP contribution in [0.3, 0.4) is 0 Å². The van der Waals surface area contributed by atoms with Crippen molar-refractivity contribution in [3.8, 4) is 22.9 Å². The van der Waals surface area contributed by atoms with Gasteiger partial charge >= 0.3 is 0 Å². The molecule has 0 saturated carbocycles. The molecule has 0 atom stereocenters. The molecule has 0 radical (unpaired) electrons. The Morgan fingerprint density at radius 3 is 2.65 bits per heavy atom. The minimum Gasteiger partial charge on any atom is -0.507 e. The smallest absolute Gasteiger partial charge is 0.153 e. The summed E-state index contributed by atoms with van der Waals surface area (Å²) >= 11 is 0. The average molecular weight is 223 g/mol. The lowest BCUT2D eigenvalue weighted by Gasteiger charge is -2.05. The molecule has 0 amide bonds. The third-order valence-corrected chi connectivity index (χ3v) is 2.51. The zero-order chi connectivity index (χ0) is 12.3. The molecule has 3 nitrogen and oxygen atoms in total. The van der Waals surface area contributed by atoms with Crippen molar-refractivity contribution < 1.29 is 9.90 Å². The Morgan fingerprint density at radius 2 is 1.94 bits per heavy atom. The Morgan fingerprint density at radius 1 is 1.18 bits per heavy atom. The van der Waals surface area contributed by atoms with Crippen molar-refractivity contribution in [1.82, 2.24) is 0 Å². The third kappa shape index (κ3) is 2.01. The fourth-order valence-electron chi connectivity index (χ4n) is 1.65. The van der Waals surface area contributed by atoms with E-state index in [4.69, 9.17) is 5.26 Å². The van der Waals surface area contributed by atoms with Crippen LogP contribution in [0, 0.1) is 11.3 Å². The van der Waals surface area contributed by atoms with Crippen molar-refractivity contribution in [2.75, 3.05) is 0 Å². The normalized spacial score (nSPS) is 9.59. The summed E-state index contributed by atoms with van der Waals surface area (Å²) in [6, 6.07) is 13.9. The zero-order valence-corrected chi connectivity index (χ0v) is 8.92. The van der Waals surface area contributed by atoms with Crippen LogP contribution >= 0.6 is 0 Å². The van der Waals surface area contributed by atoms with Crippen LogP contribution in [0.2, 0.25) is 0 Å². The Bertz CT molecular complexity index is 612. The number of nitriles is 1. The number of aldehydes is 1. The molecule has 3 heteroatoms. The molecule has 82 valence electrons. The van der Waals surface area contributed by atoms with Gasteiger partial charge in [0.05, 0.1) is 17.2 Å². The van der Waals surface area contributed by atoms with Crippen LogP contribution in [-0.2, 0) is 0 Å². The number of phenolic OH excluding ortho intramolecular Hbond substituents is 1. The maximum Gasteiger partial charge on any atom is 0.153 e. The number of nitrogens with zero attached hydrogens (tertiary/aromatic N) is 1. The van der Waals surface area contributed by atoms with Crippen LogP contribution in [0.1, 0.15) is 15.9 Å². The second-order valence-electron chi connectivity index (χ2n) is 3.55. The van der Waals surface area contributed by atoms with Crippen LogP contribution in [-0.4, -0.2) is 11.4 Å². The van der Waals surface area contributed by atoms with E-state index in [1.165, 1.54) is 6.07 Å². The molecule has 0 unspecified atom stereocenters. The van der Waals surface area contributed by atoms with Gasteiger partial charge in [-0.2, -0.15) is 5.26 Å². The van der Waals surface area contributed by atoms with Gasteiger partial charge in [-0.05, 0) is 29.3 Å². The average Bonchev–Trinajstić information content (AvgIpc) is 2.39. The molecule has 0 heterocycles. The van der Waals surface area contributed by atoms with Crippen LogP contribution in [0.5, 0.6) is 5.75 Å². The first-order valence-electron chi connectivity index (χ1n) is 5.04. The lowest BCUT2D eigenvalue weighted by molar-refractivity contribution is 0.112. The molecule has 2 aromatic carbocycles. The number of hydrogen-bond acceptors (Lipinski definition) is 3. The minimum absolute atomic E-state index is 0.0572. The molecule has 0 bridgehead atoms. The first-order valence-corrected chi connectivity index (χ1v) is 5.04. The highest BCUT2D eigenvalue weighted by Gasteiger charge is 2.07. The largest absolute Gasteiger partial charge is 0.507 e. The predicted octanol–water partition coefficient (Wildman–Crippen LogP) is 2.74. The van der Waals surface area contributed by atoms with Gasteiger partial charge in [0, 0.05) is 0 Å². The van der Waals surface area contributed by atoms with E-state index >= 15 is 0 Å². The van der Waals surface area contributed by atoms with E-state index in [1.54, 1.807) is 30.3 Å². The molecule has 0 aliphatic heterocycles. The quantitative estimate of drug-likeness (QED) is 0.796. The van der Waals surface area contributed by atoms with Crippen LogP contribution in [0.4, 0.5) is 0 Å². The number of rotatable bonds is 2. The number of phenols is 1. The number of carbonyl (C=O) groups is 1. The highest BCUT2D eigenvalue weighted by molar-refractivity contribution is 5.83. The van der Waals surface area contributed by atoms with Gasteiger partial charge in [0.25, 0.3) is 0 Å². The molecule has 17 heavy (non-hydrogen) atoms. The van der Waals surface area contributed by atoms with Gasteiger partial charge in [-0.25, -0.2) is 0 Å². The van der Waals surface area contributed by atoms with Gasteiger partial charge in [-0.15, -0.1) is 0 Å².